The van der Waals surface area contributed by atoms with Gasteiger partial charge >= 0.3 is 0 Å². The highest BCUT2D eigenvalue weighted by molar-refractivity contribution is 5.73. The van der Waals surface area contributed by atoms with Crippen molar-refractivity contribution < 1.29 is 4.79 Å². The summed E-state index contributed by atoms with van der Waals surface area (Å²) in [4.78, 5) is 21.6. The van der Waals surface area contributed by atoms with Gasteiger partial charge in [-0.1, -0.05) is 0 Å². The fraction of sp³-hybridized carbons (Fsp3) is 0.545. The van der Waals surface area contributed by atoms with Crippen molar-refractivity contribution in [1.82, 2.24) is 15.3 Å². The molecule has 92 valence electrons. The molecular weight excluding hydrogens is 218 g/mol. The minimum Gasteiger partial charge on any atom is -0.353 e. The molecule has 6 heteroatoms. The largest absolute Gasteiger partial charge is 0.353 e. The predicted octanol–water partition coefficient (Wildman–Crippen LogP) is -0.350. The second-order valence-electron chi connectivity index (χ2n) is 4.16. The molecule has 0 aromatic carbocycles. The molecule has 1 aliphatic rings. The first kappa shape index (κ1) is 11.8. The maximum Gasteiger partial charge on any atom is 0.217 e. The molecule has 1 aromatic rings. The number of amides is 1. The molecule has 1 fully saturated rings. The summed E-state index contributed by atoms with van der Waals surface area (Å²) in [6.07, 6.45) is 4.24. The Morgan fingerprint density at radius 1 is 1.59 bits per heavy atom. The Balaban J connectivity index is 2.07. The molecule has 1 saturated heterocycles. The van der Waals surface area contributed by atoms with Crippen molar-refractivity contribution in [2.45, 2.75) is 25.9 Å². The lowest BCUT2D eigenvalue weighted by molar-refractivity contribution is -0.119. The number of nitrogens with zero attached hydrogens (tertiary/aromatic N) is 3. The van der Waals surface area contributed by atoms with Crippen LogP contribution in [0.2, 0.25) is 0 Å². The minimum atomic E-state index is 0.00930. The molecule has 0 spiro atoms. The molecule has 2 rings (SSSR count). The highest BCUT2D eigenvalue weighted by atomic mass is 16.1. The zero-order valence-corrected chi connectivity index (χ0v) is 9.89. The summed E-state index contributed by atoms with van der Waals surface area (Å²) >= 11 is 0. The van der Waals surface area contributed by atoms with Gasteiger partial charge in [-0.05, 0) is 6.42 Å². The van der Waals surface area contributed by atoms with Crippen molar-refractivity contribution in [1.29, 1.82) is 0 Å². The van der Waals surface area contributed by atoms with Crippen molar-refractivity contribution >= 4 is 11.7 Å². The van der Waals surface area contributed by atoms with Crippen LogP contribution >= 0.6 is 0 Å². The van der Waals surface area contributed by atoms with Gasteiger partial charge < -0.3 is 16.0 Å². The number of carbonyl (C=O) groups is 1. The van der Waals surface area contributed by atoms with Crippen LogP contribution in [0.4, 0.5) is 5.82 Å². The summed E-state index contributed by atoms with van der Waals surface area (Å²) in [6.45, 7) is 3.56. The third kappa shape index (κ3) is 2.71. The smallest absolute Gasteiger partial charge is 0.217 e. The predicted molar refractivity (Wildman–Crippen MR) is 64.4 cm³/mol. The molecule has 1 unspecified atom stereocenters. The molecule has 0 aliphatic carbocycles. The Labute approximate surface area is 100 Å². The number of nitrogens with two attached hydrogens (primary N) is 1. The highest BCUT2D eigenvalue weighted by Gasteiger charge is 2.25. The van der Waals surface area contributed by atoms with Gasteiger partial charge in [0.15, 0.2) is 5.82 Å². The Hall–Kier alpha value is -1.69. The fourth-order valence-corrected chi connectivity index (χ4v) is 2.13. The van der Waals surface area contributed by atoms with Gasteiger partial charge in [-0.2, -0.15) is 0 Å². The lowest BCUT2D eigenvalue weighted by Crippen LogP contribution is -2.36. The third-order valence-corrected chi connectivity index (χ3v) is 2.84. The lowest BCUT2D eigenvalue weighted by Gasteiger charge is -2.19. The average Bonchev–Trinajstić information content (AvgIpc) is 2.76. The van der Waals surface area contributed by atoms with Gasteiger partial charge in [0.2, 0.25) is 5.91 Å². The molecule has 1 aliphatic heterocycles. The molecule has 17 heavy (non-hydrogen) atoms. The Bertz CT molecular complexity index is 409. The maximum absolute atomic E-state index is 11.0. The van der Waals surface area contributed by atoms with Crippen LogP contribution in [0.1, 0.15) is 19.0 Å². The number of carbonyl (C=O) groups excluding carboxylic acids is 1. The van der Waals surface area contributed by atoms with E-state index in [9.17, 15) is 4.79 Å². The van der Waals surface area contributed by atoms with Crippen LogP contribution in [0, 0.1) is 0 Å². The average molecular weight is 235 g/mol. The number of nitrogens with one attached hydrogen (secondary N) is 1. The van der Waals surface area contributed by atoms with Crippen molar-refractivity contribution in [3.8, 4) is 0 Å². The van der Waals surface area contributed by atoms with E-state index in [1.807, 2.05) is 0 Å². The number of rotatable bonds is 3. The van der Waals surface area contributed by atoms with Gasteiger partial charge in [-0.3, -0.25) is 9.78 Å². The topological polar surface area (TPSA) is 84.1 Å². The third-order valence-electron chi connectivity index (χ3n) is 2.84. The maximum atomic E-state index is 11.0. The molecule has 0 radical (unpaired) electrons. The van der Waals surface area contributed by atoms with E-state index in [1.165, 1.54) is 6.92 Å². The quantitative estimate of drug-likeness (QED) is 0.748. The molecule has 0 saturated carbocycles. The van der Waals surface area contributed by atoms with E-state index in [0.717, 1.165) is 31.0 Å². The summed E-state index contributed by atoms with van der Waals surface area (Å²) in [5.41, 5.74) is 6.44. The van der Waals surface area contributed by atoms with Crippen molar-refractivity contribution in [3.63, 3.8) is 0 Å². The van der Waals surface area contributed by atoms with Crippen LogP contribution in [0.15, 0.2) is 12.4 Å². The van der Waals surface area contributed by atoms with Crippen LogP contribution in [-0.4, -0.2) is 35.0 Å². The highest BCUT2D eigenvalue weighted by Crippen LogP contribution is 2.20. The van der Waals surface area contributed by atoms with E-state index in [4.69, 9.17) is 5.73 Å². The van der Waals surface area contributed by atoms with E-state index in [1.54, 1.807) is 12.4 Å². The van der Waals surface area contributed by atoms with E-state index in [2.05, 4.69) is 20.2 Å². The zero-order valence-electron chi connectivity index (χ0n) is 9.89. The molecule has 2 heterocycles. The normalized spacial score (nSPS) is 19.4. The van der Waals surface area contributed by atoms with E-state index in [0.29, 0.717) is 6.54 Å². The monoisotopic (exact) mass is 235 g/mol. The number of hydrogen-bond donors (Lipinski definition) is 2. The number of hydrogen-bond acceptors (Lipinski definition) is 5. The number of anilines is 1. The zero-order chi connectivity index (χ0) is 12.3. The second-order valence-corrected chi connectivity index (χ2v) is 4.16. The van der Waals surface area contributed by atoms with E-state index < -0.39 is 0 Å². The Kier molecular flexibility index (Phi) is 3.53. The standard InChI is InChI=1S/C11H17N5O/c1-8(17)15-9-2-5-16(7-9)11-10(6-12)13-3-4-14-11/h3-4,9H,2,5-7,12H2,1H3,(H,15,17). The Morgan fingerprint density at radius 2 is 2.35 bits per heavy atom. The molecule has 6 nitrogen and oxygen atoms in total. The van der Waals surface area contributed by atoms with Crippen LogP contribution < -0.4 is 16.0 Å². The summed E-state index contributed by atoms with van der Waals surface area (Å²) in [6, 6.07) is 0.195. The minimum absolute atomic E-state index is 0.00930. The second kappa shape index (κ2) is 5.09. The summed E-state index contributed by atoms with van der Waals surface area (Å²) < 4.78 is 0. The van der Waals surface area contributed by atoms with E-state index in [-0.39, 0.29) is 11.9 Å². The molecule has 0 bridgehead atoms. The van der Waals surface area contributed by atoms with Gasteiger partial charge in [0.25, 0.3) is 0 Å². The first-order valence-corrected chi connectivity index (χ1v) is 5.72. The summed E-state index contributed by atoms with van der Waals surface area (Å²) in [5, 5.41) is 2.92. The van der Waals surface area contributed by atoms with Crippen LogP contribution in [-0.2, 0) is 11.3 Å². The molecule has 1 atom stereocenters. The van der Waals surface area contributed by atoms with Gasteiger partial charge in [0.1, 0.15) is 0 Å². The molecule has 1 amide bonds. The van der Waals surface area contributed by atoms with Crippen molar-refractivity contribution in [2.75, 3.05) is 18.0 Å². The lowest BCUT2D eigenvalue weighted by atomic mass is 10.2. The Morgan fingerprint density at radius 3 is 3.06 bits per heavy atom. The number of aromatic nitrogens is 2. The van der Waals surface area contributed by atoms with Gasteiger partial charge in [-0.25, -0.2) is 4.98 Å². The summed E-state index contributed by atoms with van der Waals surface area (Å²) in [5.74, 6) is 0.845. The SMILES string of the molecule is CC(=O)NC1CCN(c2nccnc2CN)C1. The van der Waals surface area contributed by atoms with Gasteiger partial charge in [-0.15, -0.1) is 0 Å². The first-order chi connectivity index (χ1) is 8.20. The molecule has 3 N–H and O–H groups in total. The van der Waals surface area contributed by atoms with E-state index >= 15 is 0 Å². The van der Waals surface area contributed by atoms with Crippen LogP contribution in [0.3, 0.4) is 0 Å². The fourth-order valence-electron chi connectivity index (χ4n) is 2.13. The van der Waals surface area contributed by atoms with Crippen molar-refractivity contribution in [3.05, 3.63) is 18.1 Å². The summed E-state index contributed by atoms with van der Waals surface area (Å²) in [7, 11) is 0. The first-order valence-electron chi connectivity index (χ1n) is 5.72. The van der Waals surface area contributed by atoms with Gasteiger partial charge in [0, 0.05) is 45.0 Å². The molecule has 1 aromatic heterocycles. The van der Waals surface area contributed by atoms with Crippen LogP contribution in [0.25, 0.3) is 0 Å². The van der Waals surface area contributed by atoms with Gasteiger partial charge in [0.05, 0.1) is 5.69 Å². The van der Waals surface area contributed by atoms with Crippen molar-refractivity contribution in [2.24, 2.45) is 5.73 Å². The van der Waals surface area contributed by atoms with Crippen LogP contribution in [0.5, 0.6) is 0 Å². The molecular formula is C11H17N5O.